The van der Waals surface area contributed by atoms with Crippen molar-refractivity contribution in [3.8, 4) is 11.5 Å². The molecule has 0 saturated carbocycles. The highest BCUT2D eigenvalue weighted by atomic mass is 16.5. The molecule has 2 heterocycles. The summed E-state index contributed by atoms with van der Waals surface area (Å²) in [6, 6.07) is 15.5. The highest BCUT2D eigenvalue weighted by Crippen LogP contribution is 2.43. The number of nitrogens with zero attached hydrogens (tertiary/aromatic N) is 2. The van der Waals surface area contributed by atoms with Gasteiger partial charge >= 0.3 is 11.9 Å². The Bertz CT molecular complexity index is 1570. The monoisotopic (exact) mass is 485 g/mol. The molecule has 1 amide bonds. The number of carboxylic acids is 1. The van der Waals surface area contributed by atoms with Gasteiger partial charge in [-0.1, -0.05) is 24.3 Å². The fourth-order valence-electron chi connectivity index (χ4n) is 4.25. The first-order valence-electron chi connectivity index (χ1n) is 10.8. The average molecular weight is 485 g/mol. The summed E-state index contributed by atoms with van der Waals surface area (Å²) in [5.74, 6) is -3.18. The number of hydrogen-bond acceptors (Lipinski definition) is 7. The largest absolute Gasteiger partial charge is 0.508 e. The second-order valence-corrected chi connectivity index (χ2v) is 8.06. The van der Waals surface area contributed by atoms with Crippen LogP contribution in [-0.4, -0.2) is 50.1 Å². The molecule has 4 N–H and O–H groups in total. The number of ether oxygens (including phenoxy) is 1. The number of carbonyl (C=O) groups excluding carboxylic acids is 2. The van der Waals surface area contributed by atoms with Crippen molar-refractivity contribution in [2.75, 3.05) is 12.0 Å². The number of aromatic carboxylic acids is 1. The number of para-hydroxylation sites is 1. The zero-order valence-electron chi connectivity index (χ0n) is 18.8. The number of aliphatic hydroxyl groups excluding tert-OH is 1. The number of anilines is 1. The number of hydrogen-bond donors (Lipinski definition) is 4. The number of imidazole rings is 1. The van der Waals surface area contributed by atoms with E-state index in [1.807, 2.05) is 0 Å². The number of aromatic hydroxyl groups is 1. The molecule has 36 heavy (non-hydrogen) atoms. The molecule has 10 heteroatoms. The second kappa shape index (κ2) is 8.58. The van der Waals surface area contributed by atoms with Crippen LogP contribution in [0, 0.1) is 0 Å². The van der Waals surface area contributed by atoms with Crippen LogP contribution < -0.4 is 9.64 Å². The van der Waals surface area contributed by atoms with E-state index in [4.69, 9.17) is 4.74 Å². The van der Waals surface area contributed by atoms with Gasteiger partial charge in [0.2, 0.25) is 5.95 Å². The zero-order valence-corrected chi connectivity index (χ0v) is 18.8. The lowest BCUT2D eigenvalue weighted by molar-refractivity contribution is -0.132. The van der Waals surface area contributed by atoms with Crippen molar-refractivity contribution in [2.24, 2.45) is 0 Å². The van der Waals surface area contributed by atoms with Gasteiger partial charge in [-0.05, 0) is 48.0 Å². The van der Waals surface area contributed by atoms with E-state index in [2.05, 4.69) is 9.97 Å². The topological polar surface area (TPSA) is 153 Å². The van der Waals surface area contributed by atoms with Gasteiger partial charge in [-0.25, -0.2) is 9.78 Å². The van der Waals surface area contributed by atoms with Crippen LogP contribution >= 0.6 is 0 Å². The molecule has 1 aliphatic heterocycles. The fourth-order valence-corrected chi connectivity index (χ4v) is 4.25. The van der Waals surface area contributed by atoms with Crippen molar-refractivity contribution >= 4 is 40.4 Å². The van der Waals surface area contributed by atoms with Crippen molar-refractivity contribution < 1.29 is 34.4 Å². The number of amides is 1. The summed E-state index contributed by atoms with van der Waals surface area (Å²) in [5, 5.41) is 30.3. The number of Topliss-reactive ketones (excluding diaryl/α,β-unsaturated/α-hetero) is 1. The molecule has 10 nitrogen and oxygen atoms in total. The van der Waals surface area contributed by atoms with Crippen LogP contribution in [0.25, 0.3) is 16.8 Å². The van der Waals surface area contributed by atoms with Gasteiger partial charge in [0, 0.05) is 0 Å². The van der Waals surface area contributed by atoms with Gasteiger partial charge < -0.3 is 25.0 Å². The summed E-state index contributed by atoms with van der Waals surface area (Å²) in [6.45, 7) is 0. The highest BCUT2D eigenvalue weighted by molar-refractivity contribution is 6.51. The molecular formula is C26H19N3O7. The van der Waals surface area contributed by atoms with Gasteiger partial charge in [0.05, 0.1) is 40.9 Å². The molecule has 1 aromatic heterocycles. The zero-order chi connectivity index (χ0) is 25.6. The summed E-state index contributed by atoms with van der Waals surface area (Å²) in [7, 11) is 1.42. The number of fused-ring (bicyclic) bond motifs is 1. The first kappa shape index (κ1) is 22.7. The predicted molar refractivity (Wildman–Crippen MR) is 129 cm³/mol. The average Bonchev–Trinajstić information content (AvgIpc) is 3.41. The van der Waals surface area contributed by atoms with Gasteiger partial charge in [-0.3, -0.25) is 14.5 Å². The Kier molecular flexibility index (Phi) is 5.40. The van der Waals surface area contributed by atoms with Crippen LogP contribution in [0.3, 0.4) is 0 Å². The van der Waals surface area contributed by atoms with E-state index < -0.39 is 29.5 Å². The molecule has 1 aliphatic rings. The van der Waals surface area contributed by atoms with Crippen molar-refractivity contribution in [3.63, 3.8) is 0 Å². The van der Waals surface area contributed by atoms with Gasteiger partial charge in [-0.15, -0.1) is 0 Å². The van der Waals surface area contributed by atoms with Crippen LogP contribution in [0.2, 0.25) is 0 Å². The first-order chi connectivity index (χ1) is 17.3. The van der Waals surface area contributed by atoms with Gasteiger partial charge in [0.25, 0.3) is 5.78 Å². The normalized spacial score (nSPS) is 17.0. The van der Waals surface area contributed by atoms with E-state index in [1.54, 1.807) is 24.3 Å². The quantitative estimate of drug-likeness (QED) is 0.190. The molecule has 3 aromatic carbocycles. The standard InChI is InChI=1S/C26H19N3O7/c1-36-19-5-3-2-4-16(19)22(31)20-21(13-6-9-15(30)10-7-13)29(24(33)23(20)32)26-27-17-11-8-14(25(34)35)12-18(17)28-26/h2-12,21,30-31H,1H3,(H,27,28)(H,34,35)/b22-20+. The summed E-state index contributed by atoms with van der Waals surface area (Å²) >= 11 is 0. The Morgan fingerprint density at radius 3 is 2.44 bits per heavy atom. The number of H-pyrrole nitrogens is 1. The molecule has 0 spiro atoms. The minimum absolute atomic E-state index is 0.00760. The van der Waals surface area contributed by atoms with E-state index >= 15 is 0 Å². The molecule has 1 saturated heterocycles. The molecule has 1 fully saturated rings. The van der Waals surface area contributed by atoms with Crippen molar-refractivity contribution in [1.29, 1.82) is 0 Å². The van der Waals surface area contributed by atoms with Crippen LogP contribution in [-0.2, 0) is 9.59 Å². The Morgan fingerprint density at radius 2 is 1.75 bits per heavy atom. The predicted octanol–water partition coefficient (Wildman–Crippen LogP) is 3.60. The van der Waals surface area contributed by atoms with Crippen molar-refractivity contribution in [3.05, 3.63) is 89.0 Å². The number of carbonyl (C=O) groups is 3. The Morgan fingerprint density at radius 1 is 1.03 bits per heavy atom. The van der Waals surface area contributed by atoms with E-state index in [1.165, 1.54) is 49.6 Å². The summed E-state index contributed by atoms with van der Waals surface area (Å²) < 4.78 is 5.32. The lowest BCUT2D eigenvalue weighted by Crippen LogP contribution is -2.30. The Hall–Kier alpha value is -5.12. The summed E-state index contributed by atoms with van der Waals surface area (Å²) in [5.41, 5.74) is 1.20. The van der Waals surface area contributed by atoms with Gasteiger partial charge in [-0.2, -0.15) is 0 Å². The molecule has 5 rings (SSSR count). The third kappa shape index (κ3) is 3.61. The molecule has 1 unspecified atom stereocenters. The maximum atomic E-state index is 13.3. The molecule has 0 bridgehead atoms. The van der Waals surface area contributed by atoms with Crippen molar-refractivity contribution in [2.45, 2.75) is 6.04 Å². The molecule has 0 radical (unpaired) electrons. The number of carboxylic acid groups (broad SMARTS) is 1. The number of phenols is 1. The molecule has 180 valence electrons. The number of aliphatic hydroxyl groups is 1. The van der Waals surface area contributed by atoms with Crippen LogP contribution in [0.15, 0.2) is 72.3 Å². The molecule has 0 aliphatic carbocycles. The number of rotatable bonds is 5. The first-order valence-corrected chi connectivity index (χ1v) is 10.8. The number of methoxy groups -OCH3 is 1. The maximum absolute atomic E-state index is 13.3. The van der Waals surface area contributed by atoms with Crippen LogP contribution in [0.5, 0.6) is 11.5 Å². The van der Waals surface area contributed by atoms with Crippen LogP contribution in [0.1, 0.15) is 27.5 Å². The maximum Gasteiger partial charge on any atom is 0.335 e. The summed E-state index contributed by atoms with van der Waals surface area (Å²) in [4.78, 5) is 46.4. The number of ketones is 1. The van der Waals surface area contributed by atoms with Crippen molar-refractivity contribution in [1.82, 2.24) is 9.97 Å². The third-order valence-electron chi connectivity index (χ3n) is 5.96. The number of phenolic OH excluding ortho intramolecular Hbond substituents is 1. The second-order valence-electron chi connectivity index (χ2n) is 8.06. The van der Waals surface area contributed by atoms with Gasteiger partial charge in [0.1, 0.15) is 17.3 Å². The number of aromatic amines is 1. The Labute approximate surface area is 203 Å². The molecule has 1 atom stereocenters. The number of aromatic nitrogens is 2. The summed E-state index contributed by atoms with van der Waals surface area (Å²) in [6.07, 6.45) is 0. The minimum atomic E-state index is -1.13. The molecule has 4 aromatic rings. The highest BCUT2D eigenvalue weighted by Gasteiger charge is 2.48. The van der Waals surface area contributed by atoms with E-state index in [0.29, 0.717) is 22.3 Å². The van der Waals surface area contributed by atoms with Gasteiger partial charge in [0.15, 0.2) is 0 Å². The smallest absolute Gasteiger partial charge is 0.335 e. The minimum Gasteiger partial charge on any atom is -0.508 e. The SMILES string of the molecule is COc1ccccc1/C(O)=C1\C(=O)C(=O)N(c2nc3ccc(C(=O)O)cc3[nH]2)C1c1ccc(O)cc1. The number of benzene rings is 3. The van der Waals surface area contributed by atoms with E-state index in [9.17, 15) is 29.7 Å². The number of nitrogens with one attached hydrogen (secondary N) is 1. The Balaban J connectivity index is 1.73. The third-order valence-corrected chi connectivity index (χ3v) is 5.96. The van der Waals surface area contributed by atoms with Crippen LogP contribution in [0.4, 0.5) is 5.95 Å². The fraction of sp³-hybridized carbons (Fsp3) is 0.0769. The lowest BCUT2D eigenvalue weighted by atomic mass is 9.95. The molecular weight excluding hydrogens is 466 g/mol. The van der Waals surface area contributed by atoms with E-state index in [-0.39, 0.29) is 28.4 Å². The lowest BCUT2D eigenvalue weighted by Gasteiger charge is -2.23. The van der Waals surface area contributed by atoms with E-state index in [0.717, 1.165) is 4.90 Å².